The minimum Gasteiger partial charge on any atom is -0.496 e. The smallest absolute Gasteiger partial charge is 0.255 e. The number of nitrogens with one attached hydrogen (secondary N) is 1. The molecule has 0 radical (unpaired) electrons. The number of hydrogen-bond donors (Lipinski definition) is 2. The standard InChI is InChI=1S/C15H21ClN2O2.ClH/c1-20-14-9-13(17)12(16)8-11(14)15(19)18-7-6-10-4-2-3-5-10;/h8-10H,2-7,17H2,1H3,(H,18,19);1H. The molecular formula is C15H22Cl2N2O2. The molecule has 6 heteroatoms. The molecule has 0 spiro atoms. The van der Waals surface area contributed by atoms with Crippen molar-refractivity contribution in [2.24, 2.45) is 5.92 Å². The molecule has 1 amide bonds. The molecule has 118 valence electrons. The lowest BCUT2D eigenvalue weighted by Crippen LogP contribution is -2.26. The van der Waals surface area contributed by atoms with Crippen LogP contribution in [0.25, 0.3) is 0 Å². The number of nitrogens with two attached hydrogens (primary N) is 1. The third-order valence-electron chi connectivity index (χ3n) is 3.88. The minimum atomic E-state index is -0.165. The molecule has 0 aromatic heterocycles. The van der Waals surface area contributed by atoms with Gasteiger partial charge in [-0.05, 0) is 18.4 Å². The van der Waals surface area contributed by atoms with E-state index < -0.39 is 0 Å². The number of carbonyl (C=O) groups excluding carboxylic acids is 1. The molecule has 2 rings (SSSR count). The Balaban J connectivity index is 0.00000220. The Labute approximate surface area is 136 Å². The van der Waals surface area contributed by atoms with Crippen LogP contribution >= 0.6 is 24.0 Å². The van der Waals surface area contributed by atoms with E-state index >= 15 is 0 Å². The average molecular weight is 333 g/mol. The first-order valence-electron chi connectivity index (χ1n) is 7.03. The Morgan fingerprint density at radius 2 is 2.10 bits per heavy atom. The van der Waals surface area contributed by atoms with Crippen LogP contribution in [0.1, 0.15) is 42.5 Å². The summed E-state index contributed by atoms with van der Waals surface area (Å²) < 4.78 is 5.18. The second kappa shape index (κ2) is 8.35. The Bertz CT molecular complexity index is 489. The second-order valence-electron chi connectivity index (χ2n) is 5.27. The zero-order chi connectivity index (χ0) is 14.5. The van der Waals surface area contributed by atoms with Crippen LogP contribution in [-0.4, -0.2) is 19.6 Å². The molecule has 1 fully saturated rings. The Morgan fingerprint density at radius 3 is 2.71 bits per heavy atom. The Kier molecular flexibility index (Phi) is 7.12. The number of methoxy groups -OCH3 is 1. The molecule has 1 aliphatic rings. The highest BCUT2D eigenvalue weighted by atomic mass is 35.5. The summed E-state index contributed by atoms with van der Waals surface area (Å²) in [6.07, 6.45) is 6.25. The zero-order valence-electron chi connectivity index (χ0n) is 12.2. The minimum absolute atomic E-state index is 0. The first-order chi connectivity index (χ1) is 9.61. The van der Waals surface area contributed by atoms with Gasteiger partial charge in [0.2, 0.25) is 0 Å². The molecule has 1 aliphatic carbocycles. The van der Waals surface area contributed by atoms with Crippen LogP contribution in [0.3, 0.4) is 0 Å². The highest BCUT2D eigenvalue weighted by molar-refractivity contribution is 6.33. The van der Waals surface area contributed by atoms with Gasteiger partial charge in [0.1, 0.15) is 5.75 Å². The van der Waals surface area contributed by atoms with E-state index in [0.29, 0.717) is 28.6 Å². The van der Waals surface area contributed by atoms with Crippen molar-refractivity contribution in [3.8, 4) is 5.75 Å². The van der Waals surface area contributed by atoms with Gasteiger partial charge in [-0.15, -0.1) is 12.4 Å². The summed E-state index contributed by atoms with van der Waals surface area (Å²) in [5, 5.41) is 3.30. The number of rotatable bonds is 5. The number of nitrogen functional groups attached to an aromatic ring is 1. The van der Waals surface area contributed by atoms with Crippen LogP contribution in [0.5, 0.6) is 5.75 Å². The van der Waals surface area contributed by atoms with Crippen LogP contribution in [0.15, 0.2) is 12.1 Å². The highest BCUT2D eigenvalue weighted by Crippen LogP contribution is 2.29. The maximum Gasteiger partial charge on any atom is 0.255 e. The van der Waals surface area contributed by atoms with Crippen molar-refractivity contribution in [3.63, 3.8) is 0 Å². The van der Waals surface area contributed by atoms with Crippen molar-refractivity contribution in [2.45, 2.75) is 32.1 Å². The summed E-state index contributed by atoms with van der Waals surface area (Å²) in [7, 11) is 1.51. The number of ether oxygens (including phenoxy) is 1. The summed E-state index contributed by atoms with van der Waals surface area (Å²) in [6, 6.07) is 3.13. The van der Waals surface area contributed by atoms with Crippen molar-refractivity contribution >= 4 is 35.6 Å². The van der Waals surface area contributed by atoms with E-state index in [1.54, 1.807) is 12.1 Å². The van der Waals surface area contributed by atoms with Gasteiger partial charge in [0.15, 0.2) is 0 Å². The first-order valence-corrected chi connectivity index (χ1v) is 7.41. The lowest BCUT2D eigenvalue weighted by atomic mass is 10.0. The summed E-state index contributed by atoms with van der Waals surface area (Å²) >= 11 is 5.96. The average Bonchev–Trinajstić information content (AvgIpc) is 2.94. The van der Waals surface area contributed by atoms with Gasteiger partial charge in [-0.25, -0.2) is 0 Å². The van der Waals surface area contributed by atoms with Crippen LogP contribution in [0.2, 0.25) is 5.02 Å². The second-order valence-corrected chi connectivity index (χ2v) is 5.68. The topological polar surface area (TPSA) is 64.3 Å². The number of anilines is 1. The molecular weight excluding hydrogens is 311 g/mol. The predicted molar refractivity (Wildman–Crippen MR) is 88.6 cm³/mol. The third kappa shape index (κ3) is 4.68. The molecule has 0 aliphatic heterocycles. The first kappa shape index (κ1) is 17.9. The van der Waals surface area contributed by atoms with Gasteiger partial charge >= 0.3 is 0 Å². The van der Waals surface area contributed by atoms with E-state index in [0.717, 1.165) is 12.3 Å². The normalized spacial score (nSPS) is 14.6. The molecule has 0 atom stereocenters. The molecule has 3 N–H and O–H groups in total. The van der Waals surface area contributed by atoms with E-state index in [1.807, 2.05) is 0 Å². The van der Waals surface area contributed by atoms with Gasteiger partial charge in [0, 0.05) is 12.6 Å². The van der Waals surface area contributed by atoms with Gasteiger partial charge in [0.25, 0.3) is 5.91 Å². The van der Waals surface area contributed by atoms with E-state index in [1.165, 1.54) is 32.8 Å². The van der Waals surface area contributed by atoms with Gasteiger partial charge < -0.3 is 15.8 Å². The highest BCUT2D eigenvalue weighted by Gasteiger charge is 2.17. The van der Waals surface area contributed by atoms with Crippen LogP contribution in [-0.2, 0) is 0 Å². The number of hydrogen-bond acceptors (Lipinski definition) is 3. The third-order valence-corrected chi connectivity index (χ3v) is 4.20. The molecule has 0 unspecified atom stereocenters. The van der Waals surface area contributed by atoms with Crippen molar-refractivity contribution in [1.82, 2.24) is 5.32 Å². The number of benzene rings is 1. The van der Waals surface area contributed by atoms with E-state index in [-0.39, 0.29) is 18.3 Å². The van der Waals surface area contributed by atoms with Crippen molar-refractivity contribution in [1.29, 1.82) is 0 Å². The van der Waals surface area contributed by atoms with Crippen LogP contribution in [0.4, 0.5) is 5.69 Å². The molecule has 1 aromatic carbocycles. The maximum atomic E-state index is 12.2. The van der Waals surface area contributed by atoms with E-state index in [9.17, 15) is 4.79 Å². The van der Waals surface area contributed by atoms with Crippen molar-refractivity contribution in [2.75, 3.05) is 19.4 Å². The Morgan fingerprint density at radius 1 is 1.43 bits per heavy atom. The van der Waals surface area contributed by atoms with E-state index in [2.05, 4.69) is 5.32 Å². The number of amides is 1. The largest absolute Gasteiger partial charge is 0.496 e. The maximum absolute atomic E-state index is 12.2. The molecule has 0 saturated heterocycles. The fraction of sp³-hybridized carbons (Fsp3) is 0.533. The van der Waals surface area contributed by atoms with E-state index in [4.69, 9.17) is 22.1 Å². The van der Waals surface area contributed by atoms with Gasteiger partial charge in [-0.1, -0.05) is 37.3 Å². The SMILES string of the molecule is COc1cc(N)c(Cl)cc1C(=O)NCCC1CCCC1.Cl. The van der Waals surface area contributed by atoms with Crippen LogP contribution < -0.4 is 15.8 Å². The summed E-state index contributed by atoms with van der Waals surface area (Å²) in [5.74, 6) is 1.04. The fourth-order valence-corrected chi connectivity index (χ4v) is 2.86. The number of carbonyl (C=O) groups is 1. The number of halogens is 2. The van der Waals surface area contributed by atoms with Gasteiger partial charge in [-0.2, -0.15) is 0 Å². The zero-order valence-corrected chi connectivity index (χ0v) is 13.7. The molecule has 4 nitrogen and oxygen atoms in total. The monoisotopic (exact) mass is 332 g/mol. The predicted octanol–water partition coefficient (Wildman–Crippen LogP) is 3.66. The summed E-state index contributed by atoms with van der Waals surface area (Å²) in [6.45, 7) is 0.689. The van der Waals surface area contributed by atoms with Gasteiger partial charge in [0.05, 0.1) is 23.4 Å². The molecule has 21 heavy (non-hydrogen) atoms. The van der Waals surface area contributed by atoms with Crippen molar-refractivity contribution < 1.29 is 9.53 Å². The lowest BCUT2D eigenvalue weighted by molar-refractivity contribution is 0.0948. The lowest BCUT2D eigenvalue weighted by Gasteiger charge is -2.13. The Hall–Kier alpha value is -1.13. The molecule has 1 saturated carbocycles. The summed E-state index contributed by atoms with van der Waals surface area (Å²) in [5.41, 5.74) is 6.54. The van der Waals surface area contributed by atoms with Crippen molar-refractivity contribution in [3.05, 3.63) is 22.7 Å². The van der Waals surface area contributed by atoms with Crippen LogP contribution in [0, 0.1) is 5.92 Å². The molecule has 0 bridgehead atoms. The quantitative estimate of drug-likeness (QED) is 0.808. The summed E-state index contributed by atoms with van der Waals surface area (Å²) in [4.78, 5) is 12.2. The molecule has 0 heterocycles. The van der Waals surface area contributed by atoms with Gasteiger partial charge in [-0.3, -0.25) is 4.79 Å². The molecule has 1 aromatic rings. The fourth-order valence-electron chi connectivity index (χ4n) is 2.70.